The molecule has 4 nitrogen and oxygen atoms in total. The van der Waals surface area contributed by atoms with E-state index in [2.05, 4.69) is 16.4 Å². The highest BCUT2D eigenvalue weighted by molar-refractivity contribution is 5.92. The highest BCUT2D eigenvalue weighted by atomic mass is 16.5. The molecule has 3 N–H and O–H groups in total. The Morgan fingerprint density at radius 1 is 1.14 bits per heavy atom. The van der Waals surface area contributed by atoms with Crippen LogP contribution >= 0.6 is 0 Å². The van der Waals surface area contributed by atoms with Crippen molar-refractivity contribution in [2.24, 2.45) is 10.7 Å². The van der Waals surface area contributed by atoms with E-state index in [1.807, 2.05) is 57.2 Å². The first-order valence-corrected chi connectivity index (χ1v) is 7.44. The molecule has 2 aromatic carbocycles. The quantitative estimate of drug-likeness (QED) is 0.654. The second-order valence-corrected chi connectivity index (χ2v) is 5.24. The Morgan fingerprint density at radius 3 is 2.64 bits per heavy atom. The number of aryl methyl sites for hydroxylation is 2. The number of nitrogens with two attached hydrogens (primary N) is 1. The van der Waals surface area contributed by atoms with Crippen LogP contribution in [0.15, 0.2) is 47.5 Å². The van der Waals surface area contributed by atoms with Crippen LogP contribution in [-0.4, -0.2) is 12.6 Å². The van der Waals surface area contributed by atoms with E-state index in [9.17, 15) is 0 Å². The van der Waals surface area contributed by atoms with Gasteiger partial charge in [-0.3, -0.25) is 0 Å². The van der Waals surface area contributed by atoms with Crippen LogP contribution in [0, 0.1) is 13.8 Å². The maximum Gasteiger partial charge on any atom is 0.193 e. The minimum Gasteiger partial charge on any atom is -0.494 e. The van der Waals surface area contributed by atoms with Crippen LogP contribution in [0.2, 0.25) is 0 Å². The molecule has 0 saturated carbocycles. The predicted octanol–water partition coefficient (Wildman–Crippen LogP) is 3.63. The highest BCUT2D eigenvalue weighted by Crippen LogP contribution is 2.21. The molecule has 0 spiro atoms. The second-order valence-electron chi connectivity index (χ2n) is 5.24. The summed E-state index contributed by atoms with van der Waals surface area (Å²) < 4.78 is 5.65. The van der Waals surface area contributed by atoms with Gasteiger partial charge in [-0.05, 0) is 50.1 Å². The summed E-state index contributed by atoms with van der Waals surface area (Å²) in [6, 6.07) is 14.1. The Balaban J connectivity index is 2.07. The third-order valence-electron chi connectivity index (χ3n) is 3.23. The molecule has 0 aromatic heterocycles. The molecule has 0 atom stereocenters. The van der Waals surface area contributed by atoms with Gasteiger partial charge in [0.2, 0.25) is 0 Å². The maximum absolute atomic E-state index is 5.96. The second kappa shape index (κ2) is 7.50. The van der Waals surface area contributed by atoms with Gasteiger partial charge in [-0.2, -0.15) is 0 Å². The molecule has 0 saturated heterocycles. The first-order chi connectivity index (χ1) is 10.6. The molecule has 2 rings (SSSR count). The van der Waals surface area contributed by atoms with Gasteiger partial charge in [-0.15, -0.1) is 0 Å². The lowest BCUT2D eigenvalue weighted by Gasteiger charge is -2.10. The number of nitrogens with zero attached hydrogens (tertiary/aromatic N) is 1. The minimum atomic E-state index is 0.397. The predicted molar refractivity (Wildman–Crippen MR) is 92.5 cm³/mol. The summed E-state index contributed by atoms with van der Waals surface area (Å²) in [7, 11) is 0. The van der Waals surface area contributed by atoms with Crippen molar-refractivity contribution < 1.29 is 4.74 Å². The van der Waals surface area contributed by atoms with Crippen LogP contribution in [-0.2, 0) is 6.54 Å². The fourth-order valence-electron chi connectivity index (χ4n) is 2.16. The molecule has 2 aromatic rings. The first-order valence-electron chi connectivity index (χ1n) is 7.44. The van der Waals surface area contributed by atoms with Gasteiger partial charge in [0.05, 0.1) is 13.2 Å². The van der Waals surface area contributed by atoms with Crippen molar-refractivity contribution in [3.63, 3.8) is 0 Å². The number of aliphatic imine (C=N–C) groups is 1. The third-order valence-corrected chi connectivity index (χ3v) is 3.23. The Morgan fingerprint density at radius 2 is 1.91 bits per heavy atom. The number of guanidine groups is 1. The lowest BCUT2D eigenvalue weighted by atomic mass is 10.1. The maximum atomic E-state index is 5.96. The molecule has 0 fully saturated rings. The summed E-state index contributed by atoms with van der Waals surface area (Å²) in [5.74, 6) is 1.27. The van der Waals surface area contributed by atoms with E-state index in [1.165, 1.54) is 11.1 Å². The first kappa shape index (κ1) is 15.9. The molecule has 22 heavy (non-hydrogen) atoms. The zero-order valence-electron chi connectivity index (χ0n) is 13.4. The summed E-state index contributed by atoms with van der Waals surface area (Å²) in [6.07, 6.45) is 0. The molecule has 0 radical (unpaired) electrons. The monoisotopic (exact) mass is 297 g/mol. The number of benzene rings is 2. The van der Waals surface area contributed by atoms with Crippen LogP contribution in [0.3, 0.4) is 0 Å². The number of anilines is 1. The van der Waals surface area contributed by atoms with Crippen LogP contribution in [0.4, 0.5) is 5.69 Å². The lowest BCUT2D eigenvalue weighted by molar-refractivity contribution is 0.336. The van der Waals surface area contributed by atoms with Crippen molar-refractivity contribution in [2.45, 2.75) is 27.3 Å². The van der Waals surface area contributed by atoms with E-state index in [4.69, 9.17) is 10.5 Å². The molecular formula is C18H23N3O. The average Bonchev–Trinajstić information content (AvgIpc) is 2.47. The molecule has 0 aliphatic rings. The Kier molecular flexibility index (Phi) is 5.42. The van der Waals surface area contributed by atoms with Crippen LogP contribution in [0.1, 0.15) is 23.6 Å². The summed E-state index contributed by atoms with van der Waals surface area (Å²) in [6.45, 7) is 7.18. The molecule has 4 heteroatoms. The van der Waals surface area contributed by atoms with E-state index in [-0.39, 0.29) is 0 Å². The third kappa shape index (κ3) is 4.52. The number of rotatable bonds is 5. The highest BCUT2D eigenvalue weighted by Gasteiger charge is 2.04. The van der Waals surface area contributed by atoms with Crippen molar-refractivity contribution in [3.8, 4) is 5.75 Å². The van der Waals surface area contributed by atoms with Crippen molar-refractivity contribution in [3.05, 3.63) is 59.2 Å². The minimum absolute atomic E-state index is 0.397. The zero-order valence-corrected chi connectivity index (χ0v) is 13.4. The van der Waals surface area contributed by atoms with Gasteiger partial charge in [-0.25, -0.2) is 4.99 Å². The van der Waals surface area contributed by atoms with E-state index in [0.717, 1.165) is 17.0 Å². The summed E-state index contributed by atoms with van der Waals surface area (Å²) in [5, 5.41) is 3.10. The van der Waals surface area contributed by atoms with Gasteiger partial charge < -0.3 is 15.8 Å². The molecule has 116 valence electrons. The summed E-state index contributed by atoms with van der Waals surface area (Å²) in [4.78, 5) is 4.40. The fraction of sp³-hybridized carbons (Fsp3) is 0.278. The van der Waals surface area contributed by atoms with Gasteiger partial charge in [0.1, 0.15) is 5.75 Å². The number of nitrogens with one attached hydrogen (secondary N) is 1. The Bertz CT molecular complexity index is 665. The molecule has 0 amide bonds. The number of ether oxygens (including phenoxy) is 1. The van der Waals surface area contributed by atoms with Crippen LogP contribution < -0.4 is 15.8 Å². The summed E-state index contributed by atoms with van der Waals surface area (Å²) >= 11 is 0. The number of hydrogen-bond acceptors (Lipinski definition) is 2. The van der Waals surface area contributed by atoms with E-state index < -0.39 is 0 Å². The van der Waals surface area contributed by atoms with Gasteiger partial charge in [0.15, 0.2) is 5.96 Å². The van der Waals surface area contributed by atoms with Crippen molar-refractivity contribution in [2.75, 3.05) is 11.9 Å². The van der Waals surface area contributed by atoms with Crippen LogP contribution in [0.25, 0.3) is 0 Å². The summed E-state index contributed by atoms with van der Waals surface area (Å²) in [5.41, 5.74) is 10.3. The Labute approximate surface area is 132 Å². The molecule has 0 unspecified atom stereocenters. The molecular weight excluding hydrogens is 274 g/mol. The average molecular weight is 297 g/mol. The van der Waals surface area contributed by atoms with E-state index in [1.54, 1.807) is 0 Å². The van der Waals surface area contributed by atoms with E-state index >= 15 is 0 Å². The Hall–Kier alpha value is -2.49. The smallest absolute Gasteiger partial charge is 0.193 e. The SMILES string of the molecule is CCOc1cc(C)ccc1CN=C(N)Nc1cccc(C)c1. The van der Waals surface area contributed by atoms with E-state index in [0.29, 0.717) is 19.1 Å². The van der Waals surface area contributed by atoms with Gasteiger partial charge >= 0.3 is 0 Å². The molecule has 0 aliphatic carbocycles. The normalized spacial score (nSPS) is 11.3. The standard InChI is InChI=1S/C18H23N3O/c1-4-22-17-11-14(3)8-9-15(17)12-20-18(19)21-16-7-5-6-13(2)10-16/h5-11H,4,12H2,1-3H3,(H3,19,20,21). The fourth-order valence-corrected chi connectivity index (χ4v) is 2.16. The molecule has 0 heterocycles. The van der Waals surface area contributed by atoms with Crippen LogP contribution in [0.5, 0.6) is 5.75 Å². The van der Waals surface area contributed by atoms with Crippen molar-refractivity contribution in [1.29, 1.82) is 0 Å². The van der Waals surface area contributed by atoms with Gasteiger partial charge in [-0.1, -0.05) is 24.3 Å². The zero-order chi connectivity index (χ0) is 15.9. The van der Waals surface area contributed by atoms with Crippen molar-refractivity contribution >= 4 is 11.6 Å². The van der Waals surface area contributed by atoms with Crippen molar-refractivity contribution in [1.82, 2.24) is 0 Å². The number of hydrogen-bond donors (Lipinski definition) is 2. The van der Waals surface area contributed by atoms with Gasteiger partial charge in [0, 0.05) is 11.3 Å². The molecule has 0 bridgehead atoms. The topological polar surface area (TPSA) is 59.6 Å². The largest absolute Gasteiger partial charge is 0.494 e. The lowest BCUT2D eigenvalue weighted by Crippen LogP contribution is -2.22. The van der Waals surface area contributed by atoms with Gasteiger partial charge in [0.25, 0.3) is 0 Å². The molecule has 0 aliphatic heterocycles.